The maximum Gasteiger partial charge on any atom is 0.414 e. The van der Waals surface area contributed by atoms with Crippen molar-refractivity contribution in [1.29, 1.82) is 0 Å². The van der Waals surface area contributed by atoms with Gasteiger partial charge in [0, 0.05) is 26.8 Å². The molecule has 0 aliphatic heterocycles. The highest BCUT2D eigenvalue weighted by Gasteiger charge is 2.11. The van der Waals surface area contributed by atoms with Gasteiger partial charge in [-0.1, -0.05) is 0 Å². The molecule has 5 nitrogen and oxygen atoms in total. The maximum absolute atomic E-state index is 11.4. The van der Waals surface area contributed by atoms with Crippen LogP contribution in [0.3, 0.4) is 0 Å². The summed E-state index contributed by atoms with van der Waals surface area (Å²) >= 11 is 0. The van der Waals surface area contributed by atoms with Crippen molar-refractivity contribution in [2.75, 3.05) is 28.2 Å². The van der Waals surface area contributed by atoms with Crippen molar-refractivity contribution in [2.45, 2.75) is 6.54 Å². The van der Waals surface area contributed by atoms with Gasteiger partial charge in [-0.05, 0) is 26.2 Å². The Bertz CT molecular complexity index is 373. The second-order valence-electron chi connectivity index (χ2n) is 3.95. The Kier molecular flexibility index (Phi) is 9.61. The lowest BCUT2D eigenvalue weighted by molar-refractivity contribution is 0.170. The van der Waals surface area contributed by atoms with E-state index in [1.807, 2.05) is 19.0 Å². The zero-order valence-electron chi connectivity index (χ0n) is 10.9. The number of halogens is 2. The van der Waals surface area contributed by atoms with Crippen molar-refractivity contribution in [3.8, 4) is 5.75 Å². The molecule has 0 aliphatic carbocycles. The fraction of sp³-hybridized carbons (Fsp3) is 0.455. The summed E-state index contributed by atoms with van der Waals surface area (Å²) in [5.41, 5.74) is 0.753. The van der Waals surface area contributed by atoms with Crippen LogP contribution in [0.2, 0.25) is 0 Å². The monoisotopic (exact) mass is 295 g/mol. The Balaban J connectivity index is 0. The van der Waals surface area contributed by atoms with Gasteiger partial charge in [-0.15, -0.1) is 24.8 Å². The number of hydrogen-bond donors (Lipinski definition) is 0. The normalized spacial score (nSPS) is 9.17. The second-order valence-corrected chi connectivity index (χ2v) is 3.95. The van der Waals surface area contributed by atoms with E-state index < -0.39 is 6.09 Å². The van der Waals surface area contributed by atoms with E-state index in [0.717, 1.165) is 5.69 Å². The van der Waals surface area contributed by atoms with E-state index in [9.17, 15) is 4.79 Å². The van der Waals surface area contributed by atoms with E-state index in [4.69, 9.17) is 4.74 Å². The number of amides is 1. The van der Waals surface area contributed by atoms with Crippen LogP contribution in [0.4, 0.5) is 4.79 Å². The third-order valence-electron chi connectivity index (χ3n) is 1.88. The van der Waals surface area contributed by atoms with Gasteiger partial charge in [-0.2, -0.15) is 0 Å². The van der Waals surface area contributed by atoms with Crippen LogP contribution < -0.4 is 4.74 Å². The second kappa shape index (κ2) is 8.97. The molecule has 0 spiro atoms. The molecule has 0 aliphatic rings. The lowest BCUT2D eigenvalue weighted by Gasteiger charge is -2.15. The molecule has 104 valence electrons. The molecule has 18 heavy (non-hydrogen) atoms. The van der Waals surface area contributed by atoms with Crippen LogP contribution in [-0.2, 0) is 6.54 Å². The molecule has 0 saturated carbocycles. The van der Waals surface area contributed by atoms with Crippen LogP contribution in [0.15, 0.2) is 18.3 Å². The topological polar surface area (TPSA) is 45.7 Å². The number of pyridine rings is 1. The van der Waals surface area contributed by atoms with Crippen LogP contribution in [0.5, 0.6) is 5.75 Å². The lowest BCUT2D eigenvalue weighted by Crippen LogP contribution is -2.26. The number of hydrogen-bond acceptors (Lipinski definition) is 4. The molecule has 7 heteroatoms. The van der Waals surface area contributed by atoms with Crippen LogP contribution in [0.25, 0.3) is 0 Å². The van der Waals surface area contributed by atoms with Crippen LogP contribution in [0, 0.1) is 0 Å². The summed E-state index contributed by atoms with van der Waals surface area (Å²) in [5, 5.41) is 0. The van der Waals surface area contributed by atoms with Gasteiger partial charge in [0.05, 0.1) is 5.69 Å². The molecule has 1 aromatic heterocycles. The van der Waals surface area contributed by atoms with Gasteiger partial charge in [-0.3, -0.25) is 4.98 Å². The fourth-order valence-corrected chi connectivity index (χ4v) is 1.12. The van der Waals surface area contributed by atoms with Crippen molar-refractivity contribution in [3.63, 3.8) is 0 Å². The minimum absolute atomic E-state index is 0. The molecule has 0 atom stereocenters. The molecule has 1 aromatic rings. The minimum atomic E-state index is -0.395. The maximum atomic E-state index is 11.4. The van der Waals surface area contributed by atoms with E-state index in [1.54, 1.807) is 32.4 Å². The molecule has 0 unspecified atom stereocenters. The largest absolute Gasteiger partial charge is 0.414 e. The summed E-state index contributed by atoms with van der Waals surface area (Å²) in [6.45, 7) is 0.636. The highest BCUT2D eigenvalue weighted by atomic mass is 35.5. The van der Waals surface area contributed by atoms with Crippen molar-refractivity contribution >= 4 is 30.9 Å². The SMILES string of the molecule is CN(C)Cc1ncccc1OC(=O)N(C)C.Cl.Cl. The Morgan fingerprint density at radius 3 is 2.39 bits per heavy atom. The zero-order valence-corrected chi connectivity index (χ0v) is 12.5. The molecule has 0 bridgehead atoms. The smallest absolute Gasteiger partial charge is 0.408 e. The lowest BCUT2D eigenvalue weighted by atomic mass is 10.3. The van der Waals surface area contributed by atoms with Gasteiger partial charge < -0.3 is 14.5 Å². The molecule has 0 fully saturated rings. The molecule has 1 heterocycles. The van der Waals surface area contributed by atoms with Gasteiger partial charge in [0.2, 0.25) is 0 Å². The number of carbonyl (C=O) groups is 1. The Morgan fingerprint density at radius 2 is 1.89 bits per heavy atom. The van der Waals surface area contributed by atoms with Gasteiger partial charge in [-0.25, -0.2) is 4.79 Å². The minimum Gasteiger partial charge on any atom is -0.408 e. The molecule has 0 aromatic carbocycles. The van der Waals surface area contributed by atoms with Gasteiger partial charge in [0.1, 0.15) is 0 Å². The van der Waals surface area contributed by atoms with Crippen molar-refractivity contribution in [3.05, 3.63) is 24.0 Å². The Labute approximate surface area is 120 Å². The first-order valence-corrected chi connectivity index (χ1v) is 4.98. The Morgan fingerprint density at radius 1 is 1.28 bits per heavy atom. The average molecular weight is 296 g/mol. The number of rotatable bonds is 3. The van der Waals surface area contributed by atoms with Crippen LogP contribution in [0.1, 0.15) is 5.69 Å². The first-order chi connectivity index (χ1) is 7.50. The molecule has 0 N–H and O–H groups in total. The average Bonchev–Trinajstić information content (AvgIpc) is 2.20. The summed E-state index contributed by atoms with van der Waals surface area (Å²) in [4.78, 5) is 19.0. The number of carbonyl (C=O) groups excluding carboxylic acids is 1. The summed E-state index contributed by atoms with van der Waals surface area (Å²) < 4.78 is 5.21. The predicted octanol–water partition coefficient (Wildman–Crippen LogP) is 2.05. The summed E-state index contributed by atoms with van der Waals surface area (Å²) in [6, 6.07) is 3.49. The highest BCUT2D eigenvalue weighted by molar-refractivity contribution is 5.85. The van der Waals surface area contributed by atoms with Crippen LogP contribution >= 0.6 is 24.8 Å². The molecular formula is C11H19Cl2N3O2. The fourth-order valence-electron chi connectivity index (χ4n) is 1.12. The molecule has 0 saturated heterocycles. The predicted molar refractivity (Wildman–Crippen MR) is 75.8 cm³/mol. The summed E-state index contributed by atoms with van der Waals surface area (Å²) in [7, 11) is 7.16. The zero-order chi connectivity index (χ0) is 12.1. The molecule has 1 rings (SSSR count). The molecular weight excluding hydrogens is 277 g/mol. The van der Waals surface area contributed by atoms with E-state index >= 15 is 0 Å². The van der Waals surface area contributed by atoms with Gasteiger partial charge in [0.15, 0.2) is 5.75 Å². The van der Waals surface area contributed by atoms with Crippen molar-refractivity contribution in [1.82, 2.24) is 14.8 Å². The number of nitrogens with zero attached hydrogens (tertiary/aromatic N) is 3. The van der Waals surface area contributed by atoms with Crippen molar-refractivity contribution in [2.24, 2.45) is 0 Å². The van der Waals surface area contributed by atoms with E-state index in [-0.39, 0.29) is 24.8 Å². The number of ether oxygens (including phenoxy) is 1. The third kappa shape index (κ3) is 6.05. The summed E-state index contributed by atoms with van der Waals surface area (Å²) in [5.74, 6) is 0.509. The third-order valence-corrected chi connectivity index (χ3v) is 1.88. The van der Waals surface area contributed by atoms with Gasteiger partial charge >= 0.3 is 6.09 Å². The first kappa shape index (κ1) is 19.3. The Hall–Kier alpha value is -1.04. The first-order valence-electron chi connectivity index (χ1n) is 4.98. The van der Waals surface area contributed by atoms with Crippen LogP contribution in [-0.4, -0.2) is 49.1 Å². The molecule has 1 amide bonds. The van der Waals surface area contributed by atoms with E-state index in [1.165, 1.54) is 4.90 Å². The van der Waals surface area contributed by atoms with E-state index in [2.05, 4.69) is 4.98 Å². The standard InChI is InChI=1S/C11H17N3O2.2ClH/c1-13(2)8-9-10(6-5-7-12-9)16-11(15)14(3)4;;/h5-7H,8H2,1-4H3;2*1H. The summed E-state index contributed by atoms with van der Waals surface area (Å²) in [6.07, 6.45) is 1.29. The molecule has 0 radical (unpaired) electrons. The number of aromatic nitrogens is 1. The van der Waals surface area contributed by atoms with Crippen molar-refractivity contribution < 1.29 is 9.53 Å². The van der Waals surface area contributed by atoms with E-state index in [0.29, 0.717) is 12.3 Å². The quantitative estimate of drug-likeness (QED) is 0.856. The highest BCUT2D eigenvalue weighted by Crippen LogP contribution is 2.17. The van der Waals surface area contributed by atoms with Gasteiger partial charge in [0.25, 0.3) is 0 Å².